The molecule has 0 aromatic rings. The topological polar surface area (TPSA) is 0 Å². The minimum Gasteiger partial charge on any atom is -0.103 e. The van der Waals surface area contributed by atoms with E-state index < -0.39 is 0 Å². The summed E-state index contributed by atoms with van der Waals surface area (Å²) in [6.07, 6.45) is 49.6. The van der Waals surface area contributed by atoms with Gasteiger partial charge in [0.05, 0.1) is 0 Å². The highest BCUT2D eigenvalue weighted by molar-refractivity contribution is 4.72. The summed E-state index contributed by atoms with van der Waals surface area (Å²) < 4.78 is 0. The van der Waals surface area contributed by atoms with Gasteiger partial charge >= 0.3 is 0 Å². The summed E-state index contributed by atoms with van der Waals surface area (Å²) >= 11 is 0. The summed E-state index contributed by atoms with van der Waals surface area (Å²) in [4.78, 5) is 0. The Hall–Kier alpha value is -0.260. The first-order valence-electron chi connectivity index (χ1n) is 23.8. The fraction of sp³-hybridized carbons (Fsp3) is 0.960. The molecule has 0 heterocycles. The van der Waals surface area contributed by atoms with Crippen molar-refractivity contribution in [1.82, 2.24) is 0 Å². The fourth-order valence-electron chi connectivity index (χ4n) is 9.51. The zero-order chi connectivity index (χ0) is 37.1. The largest absolute Gasteiger partial charge is 0.103 e. The fourth-order valence-corrected chi connectivity index (χ4v) is 9.51. The summed E-state index contributed by atoms with van der Waals surface area (Å²) in [6, 6.07) is 0. The first-order valence-corrected chi connectivity index (χ1v) is 23.8. The van der Waals surface area contributed by atoms with Crippen molar-refractivity contribution in [2.45, 2.75) is 267 Å². The lowest BCUT2D eigenvalue weighted by Gasteiger charge is -2.27. The highest BCUT2D eigenvalue weighted by atomic mass is 14.3. The van der Waals surface area contributed by atoms with Crippen LogP contribution in [0, 0.1) is 41.4 Å². The van der Waals surface area contributed by atoms with Crippen molar-refractivity contribution >= 4 is 0 Å². The molecule has 0 spiro atoms. The predicted molar refractivity (Wildman–Crippen MR) is 232 cm³/mol. The molecule has 0 aromatic carbocycles. The number of hydrogen-bond acceptors (Lipinski definition) is 0. The molecule has 0 rings (SSSR count). The molecule has 0 aliphatic heterocycles. The second-order valence-corrected chi connectivity index (χ2v) is 18.8. The molecule has 0 aliphatic rings. The lowest BCUT2D eigenvalue weighted by Crippen LogP contribution is -2.14. The van der Waals surface area contributed by atoms with Crippen LogP contribution in [0.3, 0.4) is 0 Å². The molecule has 0 nitrogen and oxygen atoms in total. The summed E-state index contributed by atoms with van der Waals surface area (Å²) in [5, 5.41) is 0. The Labute approximate surface area is 320 Å². The van der Waals surface area contributed by atoms with E-state index in [4.69, 9.17) is 0 Å². The van der Waals surface area contributed by atoms with Gasteiger partial charge in [0.1, 0.15) is 0 Å². The minimum absolute atomic E-state index is 0.895. The Morgan fingerprint density at radius 1 is 0.320 bits per heavy atom. The van der Waals surface area contributed by atoms with E-state index in [1.807, 2.05) is 0 Å². The first-order chi connectivity index (χ1) is 24.2. The number of rotatable bonds is 40. The highest BCUT2D eigenvalue weighted by Gasteiger charge is 2.19. The molecule has 0 fully saturated rings. The van der Waals surface area contributed by atoms with E-state index in [1.165, 1.54) is 212 Å². The van der Waals surface area contributed by atoms with Crippen molar-refractivity contribution in [3.63, 3.8) is 0 Å². The molecule has 7 unspecified atom stereocenters. The highest BCUT2D eigenvalue weighted by Crippen LogP contribution is 2.32. The van der Waals surface area contributed by atoms with Gasteiger partial charge in [-0.1, -0.05) is 228 Å². The molecule has 7 atom stereocenters. The molecule has 0 N–H and O–H groups in total. The second-order valence-electron chi connectivity index (χ2n) is 18.8. The standard InChI is InChI=1S/C50H100/c1-10-13-16-17-18-19-20-23-27-32-37-47(7)41-49(9)43-50(42-48(8)40-46(6)35-30-15-12-3)38-33-28-25-22-21-24-26-31-36-45(5)39-44(4)34-29-14-11-2/h10,44-50H,1,11-43H2,2-9H3. The van der Waals surface area contributed by atoms with Crippen LogP contribution >= 0.6 is 0 Å². The van der Waals surface area contributed by atoms with Crippen LogP contribution in [0.5, 0.6) is 0 Å². The van der Waals surface area contributed by atoms with Crippen LogP contribution in [-0.4, -0.2) is 0 Å². The predicted octanol–water partition coefficient (Wildman–Crippen LogP) is 18.5. The normalized spacial score (nSPS) is 16.2. The van der Waals surface area contributed by atoms with Crippen LogP contribution in [0.2, 0.25) is 0 Å². The van der Waals surface area contributed by atoms with E-state index in [0.717, 1.165) is 41.4 Å². The zero-order valence-electron chi connectivity index (χ0n) is 36.7. The van der Waals surface area contributed by atoms with Gasteiger partial charge in [-0.25, -0.2) is 0 Å². The Balaban J connectivity index is 4.36. The molecule has 50 heavy (non-hydrogen) atoms. The van der Waals surface area contributed by atoms with E-state index in [2.05, 4.69) is 68.0 Å². The lowest BCUT2D eigenvalue weighted by atomic mass is 9.79. The van der Waals surface area contributed by atoms with Gasteiger partial charge in [0, 0.05) is 0 Å². The zero-order valence-corrected chi connectivity index (χ0v) is 36.7. The summed E-state index contributed by atoms with van der Waals surface area (Å²) in [5.41, 5.74) is 0. The maximum Gasteiger partial charge on any atom is -0.0353 e. The average Bonchev–Trinajstić information content (AvgIpc) is 3.06. The van der Waals surface area contributed by atoms with Gasteiger partial charge < -0.3 is 0 Å². The summed E-state index contributed by atoms with van der Waals surface area (Å²) in [7, 11) is 0. The molecule has 0 aromatic heterocycles. The Morgan fingerprint density at radius 2 is 0.600 bits per heavy atom. The maximum atomic E-state index is 3.85. The van der Waals surface area contributed by atoms with Gasteiger partial charge in [0.2, 0.25) is 0 Å². The third kappa shape index (κ3) is 34.8. The van der Waals surface area contributed by atoms with Crippen molar-refractivity contribution < 1.29 is 0 Å². The van der Waals surface area contributed by atoms with Crippen molar-refractivity contribution in [2.75, 3.05) is 0 Å². The van der Waals surface area contributed by atoms with Crippen molar-refractivity contribution in [3.05, 3.63) is 12.7 Å². The van der Waals surface area contributed by atoms with Crippen LogP contribution in [0.25, 0.3) is 0 Å². The van der Waals surface area contributed by atoms with E-state index in [9.17, 15) is 0 Å². The Bertz CT molecular complexity index is 663. The average molecular weight is 701 g/mol. The van der Waals surface area contributed by atoms with Gasteiger partial charge in [-0.15, -0.1) is 6.58 Å². The molecule has 0 heteroatoms. The third-order valence-electron chi connectivity index (χ3n) is 12.4. The molecule has 0 bridgehead atoms. The van der Waals surface area contributed by atoms with E-state index in [0.29, 0.717) is 0 Å². The van der Waals surface area contributed by atoms with Crippen molar-refractivity contribution in [1.29, 1.82) is 0 Å². The van der Waals surface area contributed by atoms with E-state index in [-0.39, 0.29) is 0 Å². The second kappa shape index (κ2) is 37.1. The number of allylic oxidation sites excluding steroid dienone is 1. The number of hydrogen-bond donors (Lipinski definition) is 0. The molecule has 300 valence electrons. The molecule has 0 saturated carbocycles. The maximum absolute atomic E-state index is 3.85. The number of unbranched alkanes of at least 4 members (excludes halogenated alkanes) is 19. The summed E-state index contributed by atoms with van der Waals surface area (Å²) in [6.45, 7) is 23.8. The summed E-state index contributed by atoms with van der Waals surface area (Å²) in [5.74, 6) is 6.43. The third-order valence-corrected chi connectivity index (χ3v) is 12.4. The molecule has 0 saturated heterocycles. The molecular formula is C50H100. The Morgan fingerprint density at radius 3 is 0.940 bits per heavy atom. The van der Waals surface area contributed by atoms with Crippen LogP contribution in [0.15, 0.2) is 12.7 Å². The SMILES string of the molecule is C=CCCCCCCCCCCC(C)CC(C)CC(CCCCCCCCCCC(C)CC(C)CCCCC)CC(C)CC(C)CCCCC. The minimum atomic E-state index is 0.895. The van der Waals surface area contributed by atoms with Gasteiger partial charge in [0.25, 0.3) is 0 Å². The van der Waals surface area contributed by atoms with Crippen molar-refractivity contribution in [3.8, 4) is 0 Å². The molecule has 0 amide bonds. The van der Waals surface area contributed by atoms with Gasteiger partial charge in [-0.05, 0) is 86.4 Å². The quantitative estimate of drug-likeness (QED) is 0.0441. The molecule has 0 radical (unpaired) electrons. The van der Waals surface area contributed by atoms with E-state index >= 15 is 0 Å². The smallest absolute Gasteiger partial charge is 0.0353 e. The van der Waals surface area contributed by atoms with Crippen LogP contribution in [0.1, 0.15) is 267 Å². The van der Waals surface area contributed by atoms with Gasteiger partial charge in [-0.3, -0.25) is 0 Å². The van der Waals surface area contributed by atoms with Gasteiger partial charge in [0.15, 0.2) is 0 Å². The van der Waals surface area contributed by atoms with E-state index in [1.54, 1.807) is 0 Å². The first kappa shape index (κ1) is 49.7. The molecular weight excluding hydrogens is 601 g/mol. The van der Waals surface area contributed by atoms with Gasteiger partial charge in [-0.2, -0.15) is 0 Å². The monoisotopic (exact) mass is 701 g/mol. The van der Waals surface area contributed by atoms with Crippen LogP contribution in [-0.2, 0) is 0 Å². The molecule has 0 aliphatic carbocycles. The van der Waals surface area contributed by atoms with Crippen LogP contribution < -0.4 is 0 Å². The van der Waals surface area contributed by atoms with Crippen molar-refractivity contribution in [2.24, 2.45) is 41.4 Å². The van der Waals surface area contributed by atoms with Crippen LogP contribution in [0.4, 0.5) is 0 Å². The Kier molecular flexibility index (Phi) is 36.9. The lowest BCUT2D eigenvalue weighted by molar-refractivity contribution is 0.250.